The summed E-state index contributed by atoms with van der Waals surface area (Å²) in [6.45, 7) is 2.68. The first-order valence-corrected chi connectivity index (χ1v) is 7.98. The van der Waals surface area contributed by atoms with Crippen LogP contribution in [0.2, 0.25) is 0 Å². The van der Waals surface area contributed by atoms with Crippen molar-refractivity contribution in [3.63, 3.8) is 0 Å². The van der Waals surface area contributed by atoms with Crippen LogP contribution in [0.3, 0.4) is 0 Å². The summed E-state index contributed by atoms with van der Waals surface area (Å²) >= 11 is 0. The third-order valence-corrected chi connectivity index (χ3v) is 4.42. The van der Waals surface area contributed by atoms with Crippen molar-refractivity contribution in [3.8, 4) is 0 Å². The lowest BCUT2D eigenvalue weighted by Gasteiger charge is -2.25. The summed E-state index contributed by atoms with van der Waals surface area (Å²) in [5, 5.41) is 0. The molecule has 2 aliphatic rings. The van der Waals surface area contributed by atoms with Gasteiger partial charge in [-0.1, -0.05) is 0 Å². The molecule has 1 amide bonds. The van der Waals surface area contributed by atoms with Gasteiger partial charge in [-0.15, -0.1) is 0 Å². The van der Waals surface area contributed by atoms with E-state index in [0.717, 1.165) is 38.9 Å². The highest BCUT2D eigenvalue weighted by molar-refractivity contribution is 5.81. The normalized spacial score (nSPS) is 23.4. The molecule has 1 heterocycles. The number of carbonyl (C=O) groups excluding carboxylic acids is 1. The summed E-state index contributed by atoms with van der Waals surface area (Å²) in [5.41, 5.74) is 5.97. The highest BCUT2D eigenvalue weighted by Gasteiger charge is 2.31. The smallest absolute Gasteiger partial charge is 0.239 e. The largest absolute Gasteiger partial charge is 0.370 e. The number of amides is 1. The van der Waals surface area contributed by atoms with Crippen molar-refractivity contribution in [2.75, 3.05) is 40.8 Å². The van der Waals surface area contributed by atoms with Gasteiger partial charge in [-0.05, 0) is 38.6 Å². The highest BCUT2D eigenvalue weighted by Crippen LogP contribution is 2.24. The van der Waals surface area contributed by atoms with E-state index in [2.05, 4.69) is 14.8 Å². The Morgan fingerprint density at radius 1 is 1.29 bits per heavy atom. The number of nitrogens with zero attached hydrogens (tertiary/aromatic N) is 4. The van der Waals surface area contributed by atoms with Crippen LogP contribution in [0.1, 0.15) is 32.1 Å². The number of likely N-dealkylation sites (N-methyl/N-ethyl adjacent to an activating group) is 1. The maximum atomic E-state index is 12.1. The zero-order valence-electron chi connectivity index (χ0n) is 13.6. The number of likely N-dealkylation sites (tertiary alicyclic amines) is 1. The van der Waals surface area contributed by atoms with Crippen molar-refractivity contribution in [2.45, 2.75) is 44.2 Å². The van der Waals surface area contributed by atoms with E-state index >= 15 is 0 Å². The molecule has 1 unspecified atom stereocenters. The average Bonchev–Trinajstić information content (AvgIpc) is 3.20. The zero-order chi connectivity index (χ0) is 15.4. The number of aliphatic imine (C=N–C) groups is 1. The molecule has 2 fully saturated rings. The molecule has 2 N–H and O–H groups in total. The Morgan fingerprint density at radius 2 is 2.00 bits per heavy atom. The van der Waals surface area contributed by atoms with Gasteiger partial charge in [0.15, 0.2) is 5.96 Å². The summed E-state index contributed by atoms with van der Waals surface area (Å²) in [7, 11) is 5.68. The lowest BCUT2D eigenvalue weighted by Crippen LogP contribution is -2.43. The Bertz CT molecular complexity index is 392. The number of hydrogen-bond donors (Lipinski definition) is 1. The van der Waals surface area contributed by atoms with Gasteiger partial charge < -0.3 is 15.5 Å². The van der Waals surface area contributed by atoms with Crippen molar-refractivity contribution in [1.82, 2.24) is 14.7 Å². The Labute approximate surface area is 128 Å². The lowest BCUT2D eigenvalue weighted by molar-refractivity contribution is -0.133. The summed E-state index contributed by atoms with van der Waals surface area (Å²) < 4.78 is 0. The molecular formula is C15H29N5O. The number of guanidine groups is 1. The molecule has 0 radical (unpaired) electrons. The Hall–Kier alpha value is -1.30. The molecule has 0 aromatic rings. The molecule has 6 heteroatoms. The number of carbonyl (C=O) groups is 1. The average molecular weight is 295 g/mol. The summed E-state index contributed by atoms with van der Waals surface area (Å²) in [6, 6.07) is 0.671. The van der Waals surface area contributed by atoms with Crippen molar-refractivity contribution < 1.29 is 4.79 Å². The van der Waals surface area contributed by atoms with Crippen LogP contribution >= 0.6 is 0 Å². The fourth-order valence-electron chi connectivity index (χ4n) is 2.90. The van der Waals surface area contributed by atoms with E-state index in [-0.39, 0.29) is 11.9 Å². The fourth-order valence-corrected chi connectivity index (χ4v) is 2.90. The van der Waals surface area contributed by atoms with Gasteiger partial charge in [0.05, 0.1) is 6.04 Å². The van der Waals surface area contributed by atoms with E-state index in [9.17, 15) is 4.79 Å². The van der Waals surface area contributed by atoms with Gasteiger partial charge in [-0.2, -0.15) is 0 Å². The maximum Gasteiger partial charge on any atom is 0.239 e. The van der Waals surface area contributed by atoms with Crippen LogP contribution in [0.15, 0.2) is 4.99 Å². The molecule has 0 spiro atoms. The molecule has 1 aliphatic heterocycles. The van der Waals surface area contributed by atoms with E-state index in [0.29, 0.717) is 12.0 Å². The van der Waals surface area contributed by atoms with Gasteiger partial charge in [-0.3, -0.25) is 14.7 Å². The van der Waals surface area contributed by atoms with E-state index in [1.807, 2.05) is 21.1 Å². The van der Waals surface area contributed by atoms with Gasteiger partial charge in [-0.25, -0.2) is 0 Å². The van der Waals surface area contributed by atoms with Crippen LogP contribution in [-0.4, -0.2) is 79.4 Å². The predicted octanol–water partition coefficient (Wildman–Crippen LogP) is 0.338. The van der Waals surface area contributed by atoms with Crippen molar-refractivity contribution in [3.05, 3.63) is 0 Å². The summed E-state index contributed by atoms with van der Waals surface area (Å²) in [4.78, 5) is 22.6. The topological polar surface area (TPSA) is 65.2 Å². The molecule has 1 atom stereocenters. The van der Waals surface area contributed by atoms with Crippen LogP contribution < -0.4 is 5.73 Å². The number of rotatable bonds is 6. The molecule has 2 rings (SSSR count). The SMILES string of the molecule is CN(C)C(=O)C1CCCN1CCCN=C(N)N(C)C1CC1. The van der Waals surface area contributed by atoms with Gasteiger partial charge in [0.2, 0.25) is 5.91 Å². The highest BCUT2D eigenvalue weighted by atomic mass is 16.2. The quantitative estimate of drug-likeness (QED) is 0.436. The molecule has 120 valence electrons. The second-order valence-corrected chi connectivity index (χ2v) is 6.36. The van der Waals surface area contributed by atoms with Gasteiger partial charge >= 0.3 is 0 Å². The molecular weight excluding hydrogens is 266 g/mol. The third-order valence-electron chi connectivity index (χ3n) is 4.42. The van der Waals surface area contributed by atoms with Crippen LogP contribution in [0.5, 0.6) is 0 Å². The molecule has 0 aromatic carbocycles. The summed E-state index contributed by atoms with van der Waals surface area (Å²) in [5.74, 6) is 0.879. The number of nitrogens with two attached hydrogens (primary N) is 1. The second kappa shape index (κ2) is 7.11. The molecule has 1 aliphatic carbocycles. The Morgan fingerprint density at radius 3 is 2.62 bits per heavy atom. The first-order valence-electron chi connectivity index (χ1n) is 7.98. The van der Waals surface area contributed by atoms with E-state index in [1.54, 1.807) is 4.90 Å². The first kappa shape index (κ1) is 16.1. The minimum Gasteiger partial charge on any atom is -0.370 e. The molecule has 1 saturated heterocycles. The minimum absolute atomic E-state index is 0.0652. The molecule has 1 saturated carbocycles. The van der Waals surface area contributed by atoms with E-state index < -0.39 is 0 Å². The van der Waals surface area contributed by atoms with Crippen molar-refractivity contribution in [1.29, 1.82) is 0 Å². The summed E-state index contributed by atoms with van der Waals surface area (Å²) in [6.07, 6.45) is 5.51. The Kier molecular flexibility index (Phi) is 5.45. The molecule has 6 nitrogen and oxygen atoms in total. The molecule has 0 bridgehead atoms. The maximum absolute atomic E-state index is 12.1. The van der Waals surface area contributed by atoms with Crippen LogP contribution in [0, 0.1) is 0 Å². The van der Waals surface area contributed by atoms with Crippen LogP contribution in [0.25, 0.3) is 0 Å². The zero-order valence-corrected chi connectivity index (χ0v) is 13.6. The fraction of sp³-hybridized carbons (Fsp3) is 0.867. The molecule has 0 aromatic heterocycles. The lowest BCUT2D eigenvalue weighted by atomic mass is 10.2. The Balaban J connectivity index is 1.72. The third kappa shape index (κ3) is 4.33. The van der Waals surface area contributed by atoms with E-state index in [1.165, 1.54) is 12.8 Å². The van der Waals surface area contributed by atoms with E-state index in [4.69, 9.17) is 5.73 Å². The standard InChI is InChI=1S/C15H29N5O/c1-18(2)14(21)13-6-4-10-20(13)11-5-9-17-15(16)19(3)12-7-8-12/h12-13H,4-11H2,1-3H3,(H2,16,17). The monoisotopic (exact) mass is 295 g/mol. The van der Waals surface area contributed by atoms with Crippen LogP contribution in [-0.2, 0) is 4.79 Å². The van der Waals surface area contributed by atoms with Gasteiger partial charge in [0, 0.05) is 40.3 Å². The van der Waals surface area contributed by atoms with Crippen LogP contribution in [0.4, 0.5) is 0 Å². The van der Waals surface area contributed by atoms with Gasteiger partial charge in [0.1, 0.15) is 0 Å². The van der Waals surface area contributed by atoms with Gasteiger partial charge in [0.25, 0.3) is 0 Å². The second-order valence-electron chi connectivity index (χ2n) is 6.36. The van der Waals surface area contributed by atoms with Crippen molar-refractivity contribution in [2.24, 2.45) is 10.7 Å². The van der Waals surface area contributed by atoms with Crippen molar-refractivity contribution >= 4 is 11.9 Å². The molecule has 21 heavy (non-hydrogen) atoms. The minimum atomic E-state index is 0.0652. The predicted molar refractivity (Wildman–Crippen MR) is 85.2 cm³/mol. The first-order chi connectivity index (χ1) is 10.0. The number of hydrogen-bond acceptors (Lipinski definition) is 3.